The normalized spacial score (nSPS) is 15.9. The van der Waals surface area contributed by atoms with Crippen molar-refractivity contribution in [3.63, 3.8) is 0 Å². The molecule has 2 N–H and O–H groups in total. The summed E-state index contributed by atoms with van der Waals surface area (Å²) in [5.41, 5.74) is 2.58. The van der Waals surface area contributed by atoms with E-state index in [4.69, 9.17) is 28.0 Å². The van der Waals surface area contributed by atoms with Gasteiger partial charge in [0.15, 0.2) is 5.65 Å². The number of aliphatic hydroxyl groups is 1. The van der Waals surface area contributed by atoms with E-state index in [2.05, 4.69) is 20.2 Å². The molecule has 4 aromatic rings. The molecule has 1 fully saturated rings. The fourth-order valence-corrected chi connectivity index (χ4v) is 5.20. The molecule has 1 atom stereocenters. The summed E-state index contributed by atoms with van der Waals surface area (Å²) in [7, 11) is 1.40. The van der Waals surface area contributed by atoms with Gasteiger partial charge in [-0.05, 0) is 55.3 Å². The Bertz CT molecular complexity index is 1440. The van der Waals surface area contributed by atoms with Crippen molar-refractivity contribution in [1.29, 1.82) is 0 Å². The van der Waals surface area contributed by atoms with Crippen LogP contribution in [0.1, 0.15) is 18.4 Å². The first-order chi connectivity index (χ1) is 17.5. The number of rotatable bonds is 7. The van der Waals surface area contributed by atoms with Crippen molar-refractivity contribution in [1.82, 2.24) is 19.6 Å². The van der Waals surface area contributed by atoms with Gasteiger partial charge in [-0.3, -0.25) is 9.69 Å². The van der Waals surface area contributed by atoms with Gasteiger partial charge < -0.3 is 15.3 Å². The molecule has 5 rings (SSSR count). The van der Waals surface area contributed by atoms with E-state index >= 15 is 0 Å². The molecule has 2 aromatic carbocycles. The van der Waals surface area contributed by atoms with E-state index in [0.29, 0.717) is 38.2 Å². The molecule has 186 valence electrons. The Morgan fingerprint density at radius 3 is 2.61 bits per heavy atom. The van der Waals surface area contributed by atoms with Crippen LogP contribution in [0.2, 0.25) is 10.0 Å². The minimum absolute atomic E-state index is 0.193. The molecule has 2 aromatic heterocycles. The number of anilines is 2. The zero-order chi connectivity index (χ0) is 25.2. The topological polar surface area (TPSA) is 92.5 Å². The standard InChI is InChI=1S/C26H25Cl2N5O3/c1-36-33-24-17(12-20(25(33)35)23-21(27)5-2-6-22(23)28)13-29-26(31-24)30-18-9-7-16(8-10-18)14-32-11-3-4-19(32)15-34/h2,5-10,12-13,19,34H,3-4,11,14-15H2,1H3,(H,29,30,31). The molecule has 0 spiro atoms. The van der Waals surface area contributed by atoms with Gasteiger partial charge >= 0.3 is 0 Å². The molecule has 0 aliphatic carbocycles. The van der Waals surface area contributed by atoms with Gasteiger partial charge in [0.25, 0.3) is 5.56 Å². The molecule has 1 aliphatic heterocycles. The molecule has 0 amide bonds. The zero-order valence-corrected chi connectivity index (χ0v) is 21.1. The van der Waals surface area contributed by atoms with Crippen LogP contribution in [0.4, 0.5) is 11.6 Å². The highest BCUT2D eigenvalue weighted by molar-refractivity contribution is 6.39. The summed E-state index contributed by atoms with van der Waals surface area (Å²) in [6.07, 6.45) is 3.77. The van der Waals surface area contributed by atoms with Crippen molar-refractivity contribution < 1.29 is 9.94 Å². The van der Waals surface area contributed by atoms with Gasteiger partial charge in [0.1, 0.15) is 7.11 Å². The van der Waals surface area contributed by atoms with Gasteiger partial charge in [-0.1, -0.05) is 41.4 Å². The average Bonchev–Trinajstić information content (AvgIpc) is 3.33. The lowest BCUT2D eigenvalue weighted by Crippen LogP contribution is -2.31. The molecular weight excluding hydrogens is 501 g/mol. The zero-order valence-electron chi connectivity index (χ0n) is 19.6. The molecular formula is C26H25Cl2N5O3. The Kier molecular flexibility index (Phi) is 7.11. The quantitative estimate of drug-likeness (QED) is 0.366. The number of aliphatic hydroxyl groups excluding tert-OH is 1. The number of hydrogen-bond acceptors (Lipinski definition) is 7. The summed E-state index contributed by atoms with van der Waals surface area (Å²) < 4.78 is 1.11. The molecule has 1 saturated heterocycles. The van der Waals surface area contributed by atoms with Gasteiger partial charge in [0.2, 0.25) is 5.95 Å². The second-order valence-electron chi connectivity index (χ2n) is 8.68. The third kappa shape index (κ3) is 4.77. The van der Waals surface area contributed by atoms with E-state index in [1.807, 2.05) is 24.3 Å². The summed E-state index contributed by atoms with van der Waals surface area (Å²) in [5.74, 6) is 0.323. The molecule has 0 bridgehead atoms. The van der Waals surface area contributed by atoms with Crippen LogP contribution in [-0.4, -0.2) is 51.0 Å². The monoisotopic (exact) mass is 525 g/mol. The summed E-state index contributed by atoms with van der Waals surface area (Å²) in [4.78, 5) is 29.9. The fourth-order valence-electron chi connectivity index (χ4n) is 4.60. The summed E-state index contributed by atoms with van der Waals surface area (Å²) in [5, 5.41) is 14.0. The Morgan fingerprint density at radius 1 is 1.17 bits per heavy atom. The number of halogens is 2. The average molecular weight is 526 g/mol. The SMILES string of the molecule is COn1c(=O)c(-c2c(Cl)cccc2Cl)cc2cnc(Nc3ccc(CN4CCCC4CO)cc3)nc21. The van der Waals surface area contributed by atoms with Crippen LogP contribution in [0.15, 0.2) is 59.5 Å². The predicted molar refractivity (Wildman–Crippen MR) is 142 cm³/mol. The second kappa shape index (κ2) is 10.4. The van der Waals surface area contributed by atoms with Crippen molar-refractivity contribution in [2.45, 2.75) is 25.4 Å². The first kappa shape index (κ1) is 24.5. The minimum Gasteiger partial charge on any atom is -0.412 e. The largest absolute Gasteiger partial charge is 0.412 e. The first-order valence-corrected chi connectivity index (χ1v) is 12.4. The fraction of sp³-hybridized carbons (Fsp3) is 0.269. The Morgan fingerprint density at radius 2 is 1.92 bits per heavy atom. The molecule has 0 saturated carbocycles. The van der Waals surface area contributed by atoms with Crippen LogP contribution >= 0.6 is 23.2 Å². The molecule has 1 unspecified atom stereocenters. The van der Waals surface area contributed by atoms with Crippen LogP contribution in [0.5, 0.6) is 0 Å². The number of pyridine rings is 1. The highest BCUT2D eigenvalue weighted by atomic mass is 35.5. The molecule has 1 aliphatic rings. The lowest BCUT2D eigenvalue weighted by Gasteiger charge is -2.22. The van der Waals surface area contributed by atoms with Gasteiger partial charge in [0, 0.05) is 35.4 Å². The van der Waals surface area contributed by atoms with Crippen LogP contribution in [-0.2, 0) is 6.54 Å². The molecule has 0 radical (unpaired) electrons. The minimum atomic E-state index is -0.433. The number of fused-ring (bicyclic) bond motifs is 1. The first-order valence-electron chi connectivity index (χ1n) is 11.6. The number of hydrogen-bond donors (Lipinski definition) is 2. The second-order valence-corrected chi connectivity index (χ2v) is 9.49. The summed E-state index contributed by atoms with van der Waals surface area (Å²) in [6, 6.07) is 15.0. The van der Waals surface area contributed by atoms with Crippen LogP contribution in [0.3, 0.4) is 0 Å². The van der Waals surface area contributed by atoms with Crippen molar-refractivity contribution in [3.8, 4) is 11.1 Å². The smallest absolute Gasteiger partial charge is 0.293 e. The molecule has 8 nitrogen and oxygen atoms in total. The summed E-state index contributed by atoms with van der Waals surface area (Å²) in [6.45, 7) is 2.00. The van der Waals surface area contributed by atoms with Gasteiger partial charge in [-0.2, -0.15) is 4.98 Å². The highest BCUT2D eigenvalue weighted by Crippen LogP contribution is 2.33. The number of nitrogens with zero attached hydrogens (tertiary/aromatic N) is 4. The number of aromatic nitrogens is 3. The lowest BCUT2D eigenvalue weighted by molar-refractivity contribution is 0.153. The van der Waals surface area contributed by atoms with E-state index < -0.39 is 5.56 Å². The number of nitrogens with one attached hydrogen (secondary N) is 1. The third-order valence-corrected chi connectivity index (χ3v) is 7.05. The van der Waals surface area contributed by atoms with E-state index in [-0.39, 0.29) is 12.6 Å². The van der Waals surface area contributed by atoms with Crippen LogP contribution < -0.4 is 15.7 Å². The molecule has 10 heteroatoms. The predicted octanol–water partition coefficient (Wildman–Crippen LogP) is 4.52. The molecule has 3 heterocycles. The molecule has 36 heavy (non-hydrogen) atoms. The third-order valence-electron chi connectivity index (χ3n) is 6.42. The van der Waals surface area contributed by atoms with E-state index in [9.17, 15) is 9.90 Å². The Hall–Kier alpha value is -3.17. The Labute approximate surface area is 218 Å². The van der Waals surface area contributed by atoms with E-state index in [1.165, 1.54) is 12.7 Å². The van der Waals surface area contributed by atoms with Crippen molar-refractivity contribution >= 4 is 45.9 Å². The van der Waals surface area contributed by atoms with Crippen LogP contribution in [0, 0.1) is 0 Å². The van der Waals surface area contributed by atoms with Gasteiger partial charge in [-0.15, -0.1) is 4.73 Å². The van der Waals surface area contributed by atoms with E-state index in [0.717, 1.165) is 36.3 Å². The van der Waals surface area contributed by atoms with Gasteiger partial charge in [0.05, 0.1) is 22.2 Å². The van der Waals surface area contributed by atoms with Crippen molar-refractivity contribution in [2.24, 2.45) is 0 Å². The number of likely N-dealkylation sites (tertiary alicyclic amines) is 1. The van der Waals surface area contributed by atoms with Crippen LogP contribution in [0.25, 0.3) is 22.2 Å². The maximum Gasteiger partial charge on any atom is 0.293 e. The highest BCUT2D eigenvalue weighted by Gasteiger charge is 2.23. The van der Waals surface area contributed by atoms with E-state index in [1.54, 1.807) is 30.5 Å². The summed E-state index contributed by atoms with van der Waals surface area (Å²) >= 11 is 12.7. The van der Waals surface area contributed by atoms with Crippen molar-refractivity contribution in [2.75, 3.05) is 25.6 Å². The lowest BCUT2D eigenvalue weighted by atomic mass is 10.1. The maximum atomic E-state index is 13.2. The van der Waals surface area contributed by atoms with Gasteiger partial charge in [-0.25, -0.2) is 4.98 Å². The number of benzene rings is 2. The van der Waals surface area contributed by atoms with Crippen molar-refractivity contribution in [3.05, 3.63) is 80.7 Å². The Balaban J connectivity index is 1.42. The maximum absolute atomic E-state index is 13.2.